The van der Waals surface area contributed by atoms with E-state index >= 15 is 0 Å². The molecule has 140 valence electrons. The summed E-state index contributed by atoms with van der Waals surface area (Å²) in [6.45, 7) is -0.136. The van der Waals surface area contributed by atoms with Gasteiger partial charge in [-0.2, -0.15) is 0 Å². The lowest BCUT2D eigenvalue weighted by Gasteiger charge is -2.08. The molecule has 0 saturated heterocycles. The Hall–Kier alpha value is -2.61. The molecule has 0 radical (unpaired) electrons. The highest BCUT2D eigenvalue weighted by Gasteiger charge is 2.13. The lowest BCUT2D eigenvalue weighted by molar-refractivity contribution is -0.114. The third kappa shape index (κ3) is 4.57. The smallest absolute Gasteiger partial charge is 0.240 e. The third-order valence-electron chi connectivity index (χ3n) is 3.74. The van der Waals surface area contributed by atoms with E-state index in [-0.39, 0.29) is 18.4 Å². The molecule has 9 heteroatoms. The summed E-state index contributed by atoms with van der Waals surface area (Å²) in [5.74, 6) is 1.67. The predicted molar refractivity (Wildman–Crippen MR) is 103 cm³/mol. The minimum Gasteiger partial charge on any atom is -0.497 e. The second kappa shape index (κ2) is 8.39. The molecule has 27 heavy (non-hydrogen) atoms. The van der Waals surface area contributed by atoms with Crippen LogP contribution >= 0.6 is 23.2 Å². The average Bonchev–Trinajstić information content (AvgIpc) is 3.13. The summed E-state index contributed by atoms with van der Waals surface area (Å²) in [6, 6.07) is 7.04. The van der Waals surface area contributed by atoms with Crippen molar-refractivity contribution in [2.45, 2.75) is 6.42 Å². The number of halogens is 2. The van der Waals surface area contributed by atoms with Crippen LogP contribution in [0.4, 0.5) is 5.95 Å². The van der Waals surface area contributed by atoms with Crippen LogP contribution in [0.25, 0.3) is 11.3 Å². The Kier molecular flexibility index (Phi) is 5.95. The van der Waals surface area contributed by atoms with Crippen molar-refractivity contribution in [3.63, 3.8) is 0 Å². The van der Waals surface area contributed by atoms with Crippen LogP contribution in [0.15, 0.2) is 41.1 Å². The summed E-state index contributed by atoms with van der Waals surface area (Å²) in [5.41, 5.74) is 6.65. The minimum atomic E-state index is -0.365. The van der Waals surface area contributed by atoms with E-state index in [1.54, 1.807) is 37.7 Å². The van der Waals surface area contributed by atoms with Crippen LogP contribution in [0.5, 0.6) is 5.75 Å². The van der Waals surface area contributed by atoms with Crippen LogP contribution in [0, 0.1) is 0 Å². The van der Waals surface area contributed by atoms with Gasteiger partial charge in [0.25, 0.3) is 0 Å². The largest absolute Gasteiger partial charge is 0.497 e. The summed E-state index contributed by atoms with van der Waals surface area (Å²) >= 11 is 12.6. The predicted octanol–water partition coefficient (Wildman–Crippen LogP) is 3.54. The van der Waals surface area contributed by atoms with Crippen molar-refractivity contribution in [2.75, 3.05) is 19.0 Å². The van der Waals surface area contributed by atoms with Gasteiger partial charge < -0.3 is 14.9 Å². The third-order valence-corrected chi connectivity index (χ3v) is 4.41. The van der Waals surface area contributed by atoms with E-state index in [0.717, 1.165) is 5.56 Å². The molecular weight excluding hydrogens is 391 g/mol. The molecule has 7 nitrogen and oxygen atoms in total. The number of nitrogens with one attached hydrogen (secondary N) is 1. The molecule has 1 amide bonds. The van der Waals surface area contributed by atoms with Gasteiger partial charge in [-0.25, -0.2) is 9.97 Å². The first-order valence-electron chi connectivity index (χ1n) is 7.93. The number of carbonyl (C=O) groups is 1. The van der Waals surface area contributed by atoms with Crippen molar-refractivity contribution in [1.82, 2.24) is 9.97 Å². The van der Waals surface area contributed by atoms with Gasteiger partial charge in [-0.3, -0.25) is 10.1 Å². The van der Waals surface area contributed by atoms with Gasteiger partial charge in [0, 0.05) is 28.9 Å². The van der Waals surface area contributed by atoms with E-state index in [9.17, 15) is 4.79 Å². The molecule has 0 fully saturated rings. The molecule has 0 atom stereocenters. The number of anilines is 1. The topological polar surface area (TPSA) is 103 Å². The van der Waals surface area contributed by atoms with Crippen molar-refractivity contribution in [3.8, 4) is 17.1 Å². The summed E-state index contributed by atoms with van der Waals surface area (Å²) in [7, 11) is 1.55. The SMILES string of the molecule is COc1cc(Cl)c(Cc2ccc(-c3cnc(NC(=O)CN)nc3)o2)c(Cl)c1. The molecule has 2 heterocycles. The first-order chi connectivity index (χ1) is 13.0. The van der Waals surface area contributed by atoms with Crippen LogP contribution in [0.3, 0.4) is 0 Å². The molecule has 3 aromatic rings. The number of nitrogens with zero attached hydrogens (tertiary/aromatic N) is 2. The number of furan rings is 1. The number of amides is 1. The number of benzene rings is 1. The number of carbonyl (C=O) groups excluding carboxylic acids is 1. The summed E-state index contributed by atoms with van der Waals surface area (Å²) in [5, 5.41) is 3.47. The first kappa shape index (κ1) is 19.2. The standard InChI is InChI=1S/C18H16Cl2N4O3/c1-26-12-5-14(19)13(15(20)6-12)4-11-2-3-16(27-11)10-8-22-18(23-9-10)24-17(25)7-21/h2-3,5-6,8-9H,4,7,21H2,1H3,(H,22,23,24,25). The second-order valence-electron chi connectivity index (χ2n) is 5.56. The van der Waals surface area contributed by atoms with Gasteiger partial charge in [0.15, 0.2) is 0 Å². The van der Waals surface area contributed by atoms with E-state index in [4.69, 9.17) is 38.1 Å². The minimum absolute atomic E-state index is 0.136. The number of rotatable bonds is 6. The molecule has 0 aliphatic carbocycles. The van der Waals surface area contributed by atoms with Crippen molar-refractivity contribution in [1.29, 1.82) is 0 Å². The fourth-order valence-corrected chi connectivity index (χ4v) is 2.97. The number of nitrogens with two attached hydrogens (primary N) is 1. The highest BCUT2D eigenvalue weighted by atomic mass is 35.5. The maximum Gasteiger partial charge on any atom is 0.240 e. The molecule has 0 spiro atoms. The van der Waals surface area contributed by atoms with E-state index in [1.807, 2.05) is 6.07 Å². The Balaban J connectivity index is 1.76. The first-order valence-corrected chi connectivity index (χ1v) is 8.68. The fraction of sp³-hybridized carbons (Fsp3) is 0.167. The zero-order valence-electron chi connectivity index (χ0n) is 14.3. The molecule has 0 aliphatic heterocycles. The fourth-order valence-electron chi connectivity index (χ4n) is 2.36. The van der Waals surface area contributed by atoms with Gasteiger partial charge in [-0.1, -0.05) is 23.2 Å². The molecular formula is C18H16Cl2N4O3. The maximum absolute atomic E-state index is 11.2. The molecule has 0 unspecified atom stereocenters. The van der Waals surface area contributed by atoms with Gasteiger partial charge in [-0.05, 0) is 29.8 Å². The monoisotopic (exact) mass is 406 g/mol. The number of aromatic nitrogens is 2. The summed E-state index contributed by atoms with van der Waals surface area (Å²) in [4.78, 5) is 19.4. The molecule has 1 aromatic carbocycles. The Morgan fingerprint density at radius 3 is 2.48 bits per heavy atom. The van der Waals surface area contributed by atoms with E-state index in [2.05, 4.69) is 15.3 Å². The number of ether oxygens (including phenoxy) is 1. The molecule has 3 N–H and O–H groups in total. The van der Waals surface area contributed by atoms with Crippen LogP contribution in [0.1, 0.15) is 11.3 Å². The average molecular weight is 407 g/mol. The number of methoxy groups -OCH3 is 1. The Bertz CT molecular complexity index is 934. The molecule has 0 bridgehead atoms. The van der Waals surface area contributed by atoms with Crippen LogP contribution in [-0.2, 0) is 11.2 Å². The Labute approximate surface area is 165 Å². The number of hydrogen-bond donors (Lipinski definition) is 2. The quantitative estimate of drug-likeness (QED) is 0.648. The van der Waals surface area contributed by atoms with Gasteiger partial charge in [0.2, 0.25) is 11.9 Å². The maximum atomic E-state index is 11.2. The lowest BCUT2D eigenvalue weighted by atomic mass is 10.1. The van der Waals surface area contributed by atoms with Crippen LogP contribution < -0.4 is 15.8 Å². The molecule has 3 rings (SSSR count). The highest BCUT2D eigenvalue weighted by molar-refractivity contribution is 6.36. The van der Waals surface area contributed by atoms with Crippen LogP contribution in [0.2, 0.25) is 10.0 Å². The van der Waals surface area contributed by atoms with Gasteiger partial charge >= 0.3 is 0 Å². The van der Waals surface area contributed by atoms with E-state index in [0.29, 0.717) is 39.3 Å². The lowest BCUT2D eigenvalue weighted by Crippen LogP contribution is -2.22. The Morgan fingerprint density at radius 1 is 1.22 bits per heavy atom. The van der Waals surface area contributed by atoms with Crippen molar-refractivity contribution < 1.29 is 13.9 Å². The van der Waals surface area contributed by atoms with Crippen molar-refractivity contribution in [3.05, 3.63) is 58.0 Å². The molecule has 0 aliphatic rings. The number of hydrogen-bond acceptors (Lipinski definition) is 6. The van der Waals surface area contributed by atoms with Crippen molar-refractivity contribution >= 4 is 35.1 Å². The van der Waals surface area contributed by atoms with E-state index < -0.39 is 0 Å². The van der Waals surface area contributed by atoms with Crippen LogP contribution in [-0.4, -0.2) is 29.5 Å². The zero-order chi connectivity index (χ0) is 19.4. The Morgan fingerprint density at radius 2 is 1.89 bits per heavy atom. The van der Waals surface area contributed by atoms with Gasteiger partial charge in [0.05, 0.1) is 19.2 Å². The molecule has 0 saturated carbocycles. The zero-order valence-corrected chi connectivity index (χ0v) is 15.8. The normalized spacial score (nSPS) is 10.7. The highest BCUT2D eigenvalue weighted by Crippen LogP contribution is 2.33. The molecule has 2 aromatic heterocycles. The van der Waals surface area contributed by atoms with Gasteiger partial charge in [-0.15, -0.1) is 0 Å². The van der Waals surface area contributed by atoms with E-state index in [1.165, 1.54) is 0 Å². The van der Waals surface area contributed by atoms with Gasteiger partial charge in [0.1, 0.15) is 17.3 Å². The van der Waals surface area contributed by atoms with Crippen molar-refractivity contribution in [2.24, 2.45) is 5.73 Å². The summed E-state index contributed by atoms with van der Waals surface area (Å²) in [6.07, 6.45) is 3.53. The summed E-state index contributed by atoms with van der Waals surface area (Å²) < 4.78 is 11.0. The second-order valence-corrected chi connectivity index (χ2v) is 6.37.